The summed E-state index contributed by atoms with van der Waals surface area (Å²) in [4.78, 5) is 39.9. The second-order valence-corrected chi connectivity index (χ2v) is 8.37. The number of nitrogens with one attached hydrogen (secondary N) is 3. The van der Waals surface area contributed by atoms with E-state index in [2.05, 4.69) is 20.8 Å². The first-order valence-electron chi connectivity index (χ1n) is 11.5. The Morgan fingerprint density at radius 1 is 1.23 bits per heavy atom. The summed E-state index contributed by atoms with van der Waals surface area (Å²) in [5.41, 5.74) is -1.18. The highest BCUT2D eigenvalue weighted by Gasteiger charge is 2.41. The van der Waals surface area contributed by atoms with Crippen LogP contribution < -0.4 is 21.2 Å². The number of nitriles is 1. The van der Waals surface area contributed by atoms with Crippen LogP contribution in [-0.2, 0) is 15.7 Å². The molecule has 0 aliphatic carbocycles. The van der Waals surface area contributed by atoms with Crippen LogP contribution in [0.25, 0.3) is 0 Å². The number of halogens is 3. The van der Waals surface area contributed by atoms with E-state index in [1.165, 1.54) is 42.2 Å². The zero-order valence-corrected chi connectivity index (χ0v) is 20.9. The molecule has 2 aromatic carbocycles. The molecule has 39 heavy (non-hydrogen) atoms. The zero-order valence-electron chi connectivity index (χ0n) is 20.9. The van der Waals surface area contributed by atoms with E-state index in [9.17, 15) is 32.8 Å². The first kappa shape index (κ1) is 27.0. The van der Waals surface area contributed by atoms with Crippen LogP contribution in [0.15, 0.2) is 58.5 Å². The number of carbonyl (C=O) groups excluding carboxylic acids is 2. The van der Waals surface area contributed by atoms with Gasteiger partial charge in [-0.2, -0.15) is 18.4 Å². The highest BCUT2D eigenvalue weighted by molar-refractivity contribution is 5.95. The van der Waals surface area contributed by atoms with Gasteiger partial charge in [-0.25, -0.2) is 24.0 Å². The van der Waals surface area contributed by atoms with Crippen LogP contribution in [0.3, 0.4) is 0 Å². The summed E-state index contributed by atoms with van der Waals surface area (Å²) < 4.78 is 46.6. The number of carbonyl (C=O) groups is 2. The monoisotopic (exact) mass is 541 g/mol. The Balaban J connectivity index is 2.01. The number of urea groups is 1. The number of fused-ring (bicyclic) bond motifs is 1. The molecule has 1 aliphatic heterocycles. The highest BCUT2D eigenvalue weighted by Crippen LogP contribution is 2.44. The number of anilines is 3. The standard InChI is InChI=1S/C25H22F3N7O4/c1-4-30-22(37)31-18-10-14(12-29)8-9-17(18)20-19(21(36)39-3)13(2)34(23-32-33-24(38)35(20)23)16-7-5-6-15(11-16)25(26,27)28/h5-11,20H,4H2,1-3H3,(H,33,38)(H2,30,31,37)/t20-/m1/s1. The lowest BCUT2D eigenvalue weighted by Crippen LogP contribution is -2.38. The number of ether oxygens (including phenoxy) is 1. The molecule has 0 saturated carbocycles. The highest BCUT2D eigenvalue weighted by atomic mass is 19.4. The SMILES string of the molecule is CCNC(=O)Nc1cc(C#N)ccc1[C@@H]1C(C(=O)OC)=C(C)N(c2cccc(C(F)(F)F)c2)c2n[nH]c(=O)n21. The van der Waals surface area contributed by atoms with Gasteiger partial charge in [-0.3, -0.25) is 4.90 Å². The van der Waals surface area contributed by atoms with Gasteiger partial charge in [-0.05, 0) is 44.2 Å². The van der Waals surface area contributed by atoms with Gasteiger partial charge in [0.2, 0.25) is 5.95 Å². The number of allylic oxidation sites excluding steroid dienone is 1. The summed E-state index contributed by atoms with van der Waals surface area (Å²) in [6.45, 7) is 3.48. The van der Waals surface area contributed by atoms with E-state index in [0.29, 0.717) is 6.54 Å². The van der Waals surface area contributed by atoms with Crippen molar-refractivity contribution in [1.82, 2.24) is 20.1 Å². The van der Waals surface area contributed by atoms with Crippen molar-refractivity contribution in [2.75, 3.05) is 23.9 Å². The molecule has 1 aromatic heterocycles. The molecule has 2 amide bonds. The van der Waals surface area contributed by atoms with Crippen LogP contribution in [0, 0.1) is 11.3 Å². The van der Waals surface area contributed by atoms with Crippen molar-refractivity contribution in [2.24, 2.45) is 0 Å². The largest absolute Gasteiger partial charge is 0.466 e. The first-order chi connectivity index (χ1) is 18.5. The lowest BCUT2D eigenvalue weighted by atomic mass is 9.92. The smallest absolute Gasteiger partial charge is 0.416 e. The molecule has 4 rings (SSSR count). The number of aromatic nitrogens is 3. The molecule has 202 valence electrons. The lowest BCUT2D eigenvalue weighted by molar-refractivity contribution is -0.138. The van der Waals surface area contributed by atoms with E-state index in [0.717, 1.165) is 23.8 Å². The van der Waals surface area contributed by atoms with E-state index in [1.54, 1.807) is 6.92 Å². The van der Waals surface area contributed by atoms with Crippen molar-refractivity contribution < 1.29 is 27.5 Å². The summed E-state index contributed by atoms with van der Waals surface area (Å²) in [6.07, 6.45) is -4.65. The third-order valence-electron chi connectivity index (χ3n) is 6.04. The maximum absolute atomic E-state index is 13.5. The van der Waals surface area contributed by atoms with Gasteiger partial charge in [0, 0.05) is 29.2 Å². The molecular weight excluding hydrogens is 519 g/mol. The molecule has 11 nitrogen and oxygen atoms in total. The number of esters is 1. The number of alkyl halides is 3. The molecular formula is C25H22F3N7O4. The number of methoxy groups -OCH3 is 1. The average molecular weight is 541 g/mol. The number of nitrogens with zero attached hydrogens (tertiary/aromatic N) is 4. The summed E-state index contributed by atoms with van der Waals surface area (Å²) in [5, 5.41) is 20.9. The fourth-order valence-corrected chi connectivity index (χ4v) is 4.38. The third kappa shape index (κ3) is 4.93. The van der Waals surface area contributed by atoms with Crippen LogP contribution in [0.4, 0.5) is 35.3 Å². The minimum atomic E-state index is -4.65. The predicted octanol–water partition coefficient (Wildman–Crippen LogP) is 3.79. The molecule has 0 saturated heterocycles. The van der Waals surface area contributed by atoms with Crippen molar-refractivity contribution in [3.05, 3.63) is 80.9 Å². The molecule has 1 atom stereocenters. The second-order valence-electron chi connectivity index (χ2n) is 8.37. The van der Waals surface area contributed by atoms with Crippen LogP contribution in [0.1, 0.15) is 36.6 Å². The molecule has 3 N–H and O–H groups in total. The number of benzene rings is 2. The van der Waals surface area contributed by atoms with Crippen molar-refractivity contribution >= 4 is 29.3 Å². The number of hydrogen-bond donors (Lipinski definition) is 3. The second kappa shape index (κ2) is 10.4. The van der Waals surface area contributed by atoms with Gasteiger partial charge in [0.15, 0.2) is 0 Å². The molecule has 0 radical (unpaired) electrons. The van der Waals surface area contributed by atoms with E-state index < -0.39 is 35.5 Å². The Morgan fingerprint density at radius 3 is 2.62 bits per heavy atom. The van der Waals surface area contributed by atoms with Gasteiger partial charge in [0.1, 0.15) is 6.04 Å². The van der Waals surface area contributed by atoms with Gasteiger partial charge in [0.25, 0.3) is 0 Å². The average Bonchev–Trinajstić information content (AvgIpc) is 3.28. The quantitative estimate of drug-likeness (QED) is 0.417. The summed E-state index contributed by atoms with van der Waals surface area (Å²) in [6, 6.07) is 8.74. The maximum Gasteiger partial charge on any atom is 0.416 e. The zero-order chi connectivity index (χ0) is 28.5. The maximum atomic E-state index is 13.5. The van der Waals surface area contributed by atoms with E-state index in [1.807, 2.05) is 6.07 Å². The Morgan fingerprint density at radius 2 is 1.97 bits per heavy atom. The molecule has 0 fully saturated rings. The van der Waals surface area contributed by atoms with Gasteiger partial charge in [0.05, 0.1) is 29.9 Å². The predicted molar refractivity (Wildman–Crippen MR) is 133 cm³/mol. The Kier molecular flexibility index (Phi) is 7.17. The molecule has 0 spiro atoms. The van der Waals surface area contributed by atoms with E-state index >= 15 is 0 Å². The number of H-pyrrole nitrogens is 1. The molecule has 14 heteroatoms. The van der Waals surface area contributed by atoms with Gasteiger partial charge in [-0.15, -0.1) is 5.10 Å². The topological polar surface area (TPSA) is 145 Å². The van der Waals surface area contributed by atoms with Crippen molar-refractivity contribution in [1.29, 1.82) is 5.26 Å². The van der Waals surface area contributed by atoms with Crippen molar-refractivity contribution in [2.45, 2.75) is 26.1 Å². The minimum Gasteiger partial charge on any atom is -0.466 e. The van der Waals surface area contributed by atoms with Crippen molar-refractivity contribution in [3.63, 3.8) is 0 Å². The van der Waals surface area contributed by atoms with Gasteiger partial charge >= 0.3 is 23.9 Å². The normalized spacial score (nSPS) is 14.9. The molecule has 0 bridgehead atoms. The summed E-state index contributed by atoms with van der Waals surface area (Å²) >= 11 is 0. The van der Waals surface area contributed by atoms with E-state index in [-0.39, 0.29) is 39.7 Å². The van der Waals surface area contributed by atoms with E-state index in [4.69, 9.17) is 4.74 Å². The number of rotatable bonds is 5. The molecule has 2 heterocycles. The third-order valence-corrected chi connectivity index (χ3v) is 6.04. The Bertz CT molecular complexity index is 1580. The van der Waals surface area contributed by atoms with Crippen LogP contribution in [0.2, 0.25) is 0 Å². The first-order valence-corrected chi connectivity index (χ1v) is 11.5. The summed E-state index contributed by atoms with van der Waals surface area (Å²) in [7, 11) is 1.12. The number of amides is 2. The number of aromatic amines is 1. The molecule has 1 aliphatic rings. The van der Waals surface area contributed by atoms with Gasteiger partial charge < -0.3 is 15.4 Å². The fourth-order valence-electron chi connectivity index (χ4n) is 4.38. The van der Waals surface area contributed by atoms with Gasteiger partial charge in [-0.1, -0.05) is 12.1 Å². The summed E-state index contributed by atoms with van der Waals surface area (Å²) in [5.74, 6) is -0.982. The lowest BCUT2D eigenvalue weighted by Gasteiger charge is -2.36. The fraction of sp³-hybridized carbons (Fsp3) is 0.240. The Hall–Kier alpha value is -5.06. The van der Waals surface area contributed by atoms with Crippen molar-refractivity contribution in [3.8, 4) is 6.07 Å². The van der Waals surface area contributed by atoms with Crippen LogP contribution >= 0.6 is 0 Å². The Labute approximate surface area is 219 Å². The van der Waals surface area contributed by atoms with Crippen LogP contribution in [-0.4, -0.2) is 40.4 Å². The molecule has 0 unspecified atom stereocenters. The molecule has 3 aromatic rings. The number of hydrogen-bond acceptors (Lipinski definition) is 7. The van der Waals surface area contributed by atoms with Crippen LogP contribution in [0.5, 0.6) is 0 Å². The minimum absolute atomic E-state index is 0.0112.